The normalized spacial score (nSPS) is 10.1. The van der Waals surface area contributed by atoms with Crippen molar-refractivity contribution in [1.29, 1.82) is 0 Å². The molecular weight excluding hydrogens is 507 g/mol. The van der Waals surface area contributed by atoms with Crippen molar-refractivity contribution in [3.8, 4) is 0 Å². The van der Waals surface area contributed by atoms with Crippen LogP contribution in [0.5, 0.6) is 0 Å². The van der Waals surface area contributed by atoms with Gasteiger partial charge in [0.05, 0.1) is 0 Å². The van der Waals surface area contributed by atoms with Gasteiger partial charge in [-0.1, -0.05) is 52.2 Å². The molecule has 0 atom stereocenters. The molecule has 0 radical (unpaired) electrons. The molecule has 154 valence electrons. The fourth-order valence-corrected chi connectivity index (χ4v) is 2.61. The Bertz CT molecular complexity index is 814. The summed E-state index contributed by atoms with van der Waals surface area (Å²) in [5.41, 5.74) is 2.70. The van der Waals surface area contributed by atoms with Gasteiger partial charge in [0.2, 0.25) is 0 Å². The number of hydrogen-bond donors (Lipinski definition) is 0. The monoisotopic (exact) mass is 536 g/mol. The van der Waals surface area contributed by atoms with E-state index < -0.39 is 7.59 Å². The van der Waals surface area contributed by atoms with Crippen LogP contribution in [0.3, 0.4) is 0 Å². The largest absolute Gasteiger partial charge is 4.00 e. The molecule has 0 aliphatic heterocycles. The average Bonchev–Trinajstić information content (AvgIpc) is 3.15. The van der Waals surface area contributed by atoms with Gasteiger partial charge >= 0.3 is 26.2 Å². The van der Waals surface area contributed by atoms with E-state index in [0.29, 0.717) is 9.04 Å². The zero-order valence-corrected chi connectivity index (χ0v) is 24.8. The maximum Gasteiger partial charge on any atom is 4.00 e. The van der Waals surface area contributed by atoms with E-state index in [2.05, 4.69) is 113 Å². The Balaban J connectivity index is 0. The van der Waals surface area contributed by atoms with Crippen LogP contribution < -0.4 is 24.8 Å². The Morgan fingerprint density at radius 2 is 1.00 bits per heavy atom. The summed E-state index contributed by atoms with van der Waals surface area (Å²) in [7, 11) is -0.101. The van der Waals surface area contributed by atoms with Crippen LogP contribution in [0.4, 0.5) is 0 Å². The quantitative estimate of drug-likeness (QED) is 0.248. The second-order valence-electron chi connectivity index (χ2n) is 8.24. The Labute approximate surface area is 211 Å². The number of fused-ring (bicyclic) bond motifs is 2. The summed E-state index contributed by atoms with van der Waals surface area (Å²) in [6.45, 7) is 14.0. The summed E-state index contributed by atoms with van der Waals surface area (Å²) in [6, 6.07) is 25.7. The van der Waals surface area contributed by atoms with Crippen molar-refractivity contribution in [2.75, 3.05) is 0 Å². The van der Waals surface area contributed by atoms with Crippen LogP contribution in [0.15, 0.2) is 72.8 Å². The maximum atomic E-state index is 2.44. The van der Waals surface area contributed by atoms with E-state index in [-0.39, 0.29) is 51.0 Å². The number of rotatable bonds is 1. The molecule has 0 saturated heterocycles. The van der Waals surface area contributed by atoms with Gasteiger partial charge in [-0.05, 0) is 0 Å². The van der Waals surface area contributed by atoms with Gasteiger partial charge < -0.3 is 24.8 Å². The van der Waals surface area contributed by atoms with Gasteiger partial charge in [0.15, 0.2) is 0 Å². The summed E-state index contributed by atoms with van der Waals surface area (Å²) >= 11 is 0. The summed E-state index contributed by atoms with van der Waals surface area (Å²) in [5.74, 6) is 0. The first-order valence-corrected chi connectivity index (χ1v) is 16.8. The van der Waals surface area contributed by atoms with Crippen molar-refractivity contribution in [2.45, 2.75) is 40.0 Å². The molecule has 0 aliphatic carbocycles. The molecule has 0 spiro atoms. The molecule has 0 unspecified atom stereocenters. The van der Waals surface area contributed by atoms with E-state index in [9.17, 15) is 0 Å². The molecule has 0 bridgehead atoms. The van der Waals surface area contributed by atoms with Crippen molar-refractivity contribution < 1.29 is 51.0 Å². The van der Waals surface area contributed by atoms with Crippen LogP contribution in [0, 0.1) is 13.8 Å². The molecule has 29 heavy (non-hydrogen) atoms. The summed E-state index contributed by atoms with van der Waals surface area (Å²) in [5, 5.41) is 5.39. The van der Waals surface area contributed by atoms with Gasteiger partial charge in [-0.3, -0.25) is 0 Å². The smallest absolute Gasteiger partial charge is 1.00 e. The van der Waals surface area contributed by atoms with Crippen LogP contribution in [-0.4, -0.2) is 16.6 Å². The molecule has 0 N–H and O–H groups in total. The van der Waals surface area contributed by atoms with E-state index in [1.54, 1.807) is 0 Å². The van der Waals surface area contributed by atoms with Crippen molar-refractivity contribution in [3.63, 3.8) is 0 Å². The molecule has 0 amide bonds. The Kier molecular flexibility index (Phi) is 15.4. The summed E-state index contributed by atoms with van der Waals surface area (Å²) < 4.78 is 0. The number of hydrogen-bond acceptors (Lipinski definition) is 0. The molecule has 0 heterocycles. The first-order valence-electron chi connectivity index (χ1n) is 9.52. The zero-order valence-electron chi connectivity index (χ0n) is 18.4. The molecule has 0 nitrogen and oxygen atoms in total. The van der Waals surface area contributed by atoms with Crippen molar-refractivity contribution >= 4 is 38.2 Å². The minimum absolute atomic E-state index is 0. The third kappa shape index (κ3) is 10.9. The number of aryl methyl sites for hydroxylation is 2. The summed E-state index contributed by atoms with van der Waals surface area (Å²) in [6.07, 6.45) is 0. The van der Waals surface area contributed by atoms with E-state index in [1.165, 1.54) is 32.7 Å². The fourth-order valence-electron chi connectivity index (χ4n) is 2.61. The zero-order chi connectivity index (χ0) is 19.2. The third-order valence-electron chi connectivity index (χ3n) is 4.59. The van der Waals surface area contributed by atoms with Crippen LogP contribution in [0.2, 0.25) is 26.2 Å². The van der Waals surface area contributed by atoms with Crippen molar-refractivity contribution in [1.82, 2.24) is 0 Å². The molecule has 0 saturated carbocycles. The maximum absolute atomic E-state index is 2.44. The molecule has 4 aromatic carbocycles. The second-order valence-corrected chi connectivity index (χ2v) is 22.6. The minimum Gasteiger partial charge on any atom is -1.00 e. The van der Waals surface area contributed by atoms with Crippen LogP contribution in [0.1, 0.15) is 11.1 Å². The van der Waals surface area contributed by atoms with Crippen molar-refractivity contribution in [3.05, 3.63) is 83.9 Å². The Hall–Kier alpha value is -0.443. The van der Waals surface area contributed by atoms with Gasteiger partial charge in [0, 0.05) is 16.6 Å². The summed E-state index contributed by atoms with van der Waals surface area (Å²) in [4.78, 5) is 0. The predicted molar refractivity (Wildman–Crippen MR) is 126 cm³/mol. The SMILES string of the molecule is C[SiH2][Si](C)(C)C.Cc1cc2ccccc2[cH-]1.Cc1cc2ccccc2[cH-]1.[Cl-].[Cl-].[Zr+4]. The minimum atomic E-state index is -0.492. The van der Waals surface area contributed by atoms with Crippen LogP contribution in [-0.2, 0) is 26.2 Å². The van der Waals surface area contributed by atoms with E-state index in [0.717, 1.165) is 0 Å². The molecule has 0 aromatic heterocycles. The van der Waals surface area contributed by atoms with E-state index >= 15 is 0 Å². The van der Waals surface area contributed by atoms with Gasteiger partial charge in [0.25, 0.3) is 0 Å². The first-order chi connectivity index (χ1) is 12.3. The van der Waals surface area contributed by atoms with Gasteiger partial charge in [-0.15, -0.1) is 81.2 Å². The fraction of sp³-hybridized carbons (Fsp3) is 0.250. The second kappa shape index (κ2) is 14.5. The topological polar surface area (TPSA) is 0 Å². The Morgan fingerprint density at radius 1 is 0.690 bits per heavy atom. The van der Waals surface area contributed by atoms with Gasteiger partial charge in [0.1, 0.15) is 0 Å². The van der Waals surface area contributed by atoms with Gasteiger partial charge in [-0.25, -0.2) is 0 Å². The van der Waals surface area contributed by atoms with Gasteiger partial charge in [-0.2, -0.15) is 12.1 Å². The van der Waals surface area contributed by atoms with E-state index in [4.69, 9.17) is 0 Å². The molecule has 4 aromatic rings. The Morgan fingerprint density at radius 3 is 1.28 bits per heavy atom. The van der Waals surface area contributed by atoms with Crippen molar-refractivity contribution in [2.24, 2.45) is 0 Å². The molecular formula is C24H32Cl2Si2Zr. The molecule has 0 fully saturated rings. The first kappa shape index (κ1) is 30.7. The molecule has 0 aliphatic rings. The standard InChI is InChI=1S/2C10H9.C4H14Si2.2ClH.Zr/c2*1-8-6-9-4-2-3-5-10(9)7-8;1-5-6(2,3)4;;;/h2*2-7H,1H3;5H2,1-4H3;2*1H;/q2*-1;;;;+4/p-2. The number of halogens is 2. The van der Waals surface area contributed by atoms with E-state index in [1.807, 2.05) is 0 Å². The molecule has 4 rings (SSSR count). The van der Waals surface area contributed by atoms with Crippen LogP contribution in [0.25, 0.3) is 21.5 Å². The number of benzene rings is 2. The van der Waals surface area contributed by atoms with Crippen LogP contribution >= 0.6 is 0 Å². The molecule has 5 heteroatoms. The average molecular weight is 539 g/mol. The predicted octanol–water partition coefficient (Wildman–Crippen LogP) is 0.778. The third-order valence-corrected chi connectivity index (χ3v) is 13.1.